The molecule has 0 radical (unpaired) electrons. The standard InChI is InChI=1S/C12H11BrO5/c1-7(14)17-10-6-4-3-5-9(10)11(16)12(13)18-8(2)15/h3-6,12H,1-2H3. The van der Waals surface area contributed by atoms with Gasteiger partial charge in [0.1, 0.15) is 5.75 Å². The van der Waals surface area contributed by atoms with Crippen molar-refractivity contribution in [3.8, 4) is 5.75 Å². The molecule has 0 amide bonds. The predicted octanol–water partition coefficient (Wildman–Crippen LogP) is 2.08. The van der Waals surface area contributed by atoms with Gasteiger partial charge in [-0.15, -0.1) is 0 Å². The summed E-state index contributed by atoms with van der Waals surface area (Å²) in [5.74, 6) is -1.49. The van der Waals surface area contributed by atoms with E-state index in [1.165, 1.54) is 26.0 Å². The molecule has 1 aromatic carbocycles. The first-order valence-electron chi connectivity index (χ1n) is 5.04. The second-order valence-electron chi connectivity index (χ2n) is 3.38. The molecular formula is C12H11BrO5. The lowest BCUT2D eigenvalue weighted by Gasteiger charge is -2.11. The molecule has 0 saturated carbocycles. The van der Waals surface area contributed by atoms with E-state index in [2.05, 4.69) is 15.9 Å². The van der Waals surface area contributed by atoms with E-state index < -0.39 is 22.7 Å². The van der Waals surface area contributed by atoms with E-state index in [1.54, 1.807) is 12.1 Å². The number of ether oxygens (including phenoxy) is 2. The largest absolute Gasteiger partial charge is 0.442 e. The van der Waals surface area contributed by atoms with Crippen LogP contribution in [-0.2, 0) is 14.3 Å². The first-order valence-corrected chi connectivity index (χ1v) is 5.96. The Morgan fingerprint density at radius 1 is 1.11 bits per heavy atom. The first-order chi connectivity index (χ1) is 8.41. The topological polar surface area (TPSA) is 69.7 Å². The summed E-state index contributed by atoms with van der Waals surface area (Å²) in [7, 11) is 0. The molecule has 0 heterocycles. The average Bonchev–Trinajstić information content (AvgIpc) is 2.27. The zero-order chi connectivity index (χ0) is 13.7. The Hall–Kier alpha value is -1.69. The molecule has 0 aromatic heterocycles. The van der Waals surface area contributed by atoms with Crippen molar-refractivity contribution in [1.29, 1.82) is 0 Å². The quantitative estimate of drug-likeness (QED) is 0.368. The van der Waals surface area contributed by atoms with Crippen LogP contribution < -0.4 is 4.74 Å². The molecule has 1 unspecified atom stereocenters. The monoisotopic (exact) mass is 314 g/mol. The molecule has 0 saturated heterocycles. The van der Waals surface area contributed by atoms with Gasteiger partial charge in [0.25, 0.3) is 0 Å². The fourth-order valence-corrected chi connectivity index (χ4v) is 1.75. The lowest BCUT2D eigenvalue weighted by Crippen LogP contribution is -2.21. The number of alkyl halides is 1. The molecule has 0 spiro atoms. The van der Waals surface area contributed by atoms with Crippen LogP contribution in [0.25, 0.3) is 0 Å². The Balaban J connectivity index is 2.97. The van der Waals surface area contributed by atoms with Gasteiger partial charge in [0.2, 0.25) is 10.8 Å². The Kier molecular flexibility index (Phi) is 5.03. The fourth-order valence-electron chi connectivity index (χ4n) is 1.24. The Labute approximate surface area is 112 Å². The Bertz CT molecular complexity index is 483. The van der Waals surface area contributed by atoms with E-state index >= 15 is 0 Å². The summed E-state index contributed by atoms with van der Waals surface area (Å²) in [5.41, 5.74) is 0.163. The maximum absolute atomic E-state index is 12.0. The molecule has 1 aromatic rings. The van der Waals surface area contributed by atoms with Crippen molar-refractivity contribution in [3.05, 3.63) is 29.8 Å². The molecule has 0 fully saturated rings. The van der Waals surface area contributed by atoms with Crippen LogP contribution in [0.5, 0.6) is 5.75 Å². The van der Waals surface area contributed by atoms with Crippen molar-refractivity contribution in [2.75, 3.05) is 0 Å². The lowest BCUT2D eigenvalue weighted by atomic mass is 10.1. The van der Waals surface area contributed by atoms with Crippen LogP contribution in [0.3, 0.4) is 0 Å². The van der Waals surface area contributed by atoms with E-state index in [-0.39, 0.29) is 11.3 Å². The fraction of sp³-hybridized carbons (Fsp3) is 0.250. The second-order valence-corrected chi connectivity index (χ2v) is 4.21. The van der Waals surface area contributed by atoms with Crippen LogP contribution in [-0.4, -0.2) is 22.7 Å². The molecule has 1 atom stereocenters. The van der Waals surface area contributed by atoms with Gasteiger partial charge in [-0.25, -0.2) is 0 Å². The molecule has 1 rings (SSSR count). The average molecular weight is 315 g/mol. The molecule has 0 aliphatic heterocycles. The molecule has 6 heteroatoms. The third kappa shape index (κ3) is 3.96. The molecule has 0 aliphatic carbocycles. The third-order valence-electron chi connectivity index (χ3n) is 1.88. The molecule has 18 heavy (non-hydrogen) atoms. The van der Waals surface area contributed by atoms with Crippen molar-refractivity contribution >= 4 is 33.7 Å². The number of para-hydroxylation sites is 1. The highest BCUT2D eigenvalue weighted by Crippen LogP contribution is 2.22. The zero-order valence-corrected chi connectivity index (χ0v) is 11.4. The van der Waals surface area contributed by atoms with Crippen molar-refractivity contribution < 1.29 is 23.9 Å². The van der Waals surface area contributed by atoms with E-state index in [4.69, 9.17) is 9.47 Å². The van der Waals surface area contributed by atoms with Gasteiger partial charge < -0.3 is 9.47 Å². The number of carbonyl (C=O) groups is 3. The minimum absolute atomic E-state index is 0.131. The number of hydrogen-bond acceptors (Lipinski definition) is 5. The summed E-state index contributed by atoms with van der Waals surface area (Å²) < 4.78 is 9.61. The minimum atomic E-state index is -1.10. The summed E-state index contributed by atoms with van der Waals surface area (Å²) in [6.45, 7) is 2.43. The van der Waals surface area contributed by atoms with Crippen molar-refractivity contribution in [2.45, 2.75) is 18.9 Å². The molecule has 5 nitrogen and oxygen atoms in total. The van der Waals surface area contributed by atoms with Gasteiger partial charge in [-0.1, -0.05) is 12.1 Å². The lowest BCUT2D eigenvalue weighted by molar-refractivity contribution is -0.141. The summed E-state index contributed by atoms with van der Waals surface area (Å²) in [5, 5.41) is -1.10. The van der Waals surface area contributed by atoms with E-state index in [9.17, 15) is 14.4 Å². The normalized spacial score (nSPS) is 11.5. The summed E-state index contributed by atoms with van der Waals surface area (Å²) in [6.07, 6.45) is 0. The highest BCUT2D eigenvalue weighted by Gasteiger charge is 2.23. The summed E-state index contributed by atoms with van der Waals surface area (Å²) >= 11 is 2.95. The van der Waals surface area contributed by atoms with Crippen LogP contribution in [0.15, 0.2) is 24.3 Å². The number of Topliss-reactive ketones (excluding diaryl/α,β-unsaturated/α-hetero) is 1. The van der Waals surface area contributed by atoms with E-state index in [0.717, 1.165) is 0 Å². The van der Waals surface area contributed by atoms with Crippen LogP contribution >= 0.6 is 15.9 Å². The highest BCUT2D eigenvalue weighted by atomic mass is 79.9. The Morgan fingerprint density at radius 2 is 1.72 bits per heavy atom. The predicted molar refractivity (Wildman–Crippen MR) is 66.6 cm³/mol. The van der Waals surface area contributed by atoms with Crippen molar-refractivity contribution in [3.63, 3.8) is 0 Å². The molecule has 96 valence electrons. The maximum Gasteiger partial charge on any atom is 0.308 e. The number of halogens is 1. The number of esters is 2. The number of rotatable bonds is 4. The molecular weight excluding hydrogens is 304 g/mol. The minimum Gasteiger partial charge on any atom is -0.442 e. The van der Waals surface area contributed by atoms with Crippen LogP contribution in [0.2, 0.25) is 0 Å². The number of carbonyl (C=O) groups excluding carboxylic acids is 3. The number of ketones is 1. The smallest absolute Gasteiger partial charge is 0.308 e. The van der Waals surface area contributed by atoms with Crippen LogP contribution in [0, 0.1) is 0 Å². The Morgan fingerprint density at radius 3 is 2.28 bits per heavy atom. The highest BCUT2D eigenvalue weighted by molar-refractivity contribution is 9.09. The second kappa shape index (κ2) is 6.30. The molecule has 0 aliphatic rings. The summed E-state index contributed by atoms with van der Waals surface area (Å²) in [6, 6.07) is 6.22. The van der Waals surface area contributed by atoms with Gasteiger partial charge in [-0.05, 0) is 28.1 Å². The van der Waals surface area contributed by atoms with Crippen LogP contribution in [0.1, 0.15) is 24.2 Å². The van der Waals surface area contributed by atoms with Gasteiger partial charge in [0.05, 0.1) is 5.56 Å². The maximum atomic E-state index is 12.0. The molecule has 0 bridgehead atoms. The van der Waals surface area contributed by atoms with Gasteiger partial charge in [-0.3, -0.25) is 14.4 Å². The molecule has 0 N–H and O–H groups in total. The summed E-state index contributed by atoms with van der Waals surface area (Å²) in [4.78, 5) is 33.6. The van der Waals surface area contributed by atoms with Gasteiger partial charge >= 0.3 is 11.9 Å². The van der Waals surface area contributed by atoms with Crippen molar-refractivity contribution in [1.82, 2.24) is 0 Å². The number of hydrogen-bond donors (Lipinski definition) is 0. The first kappa shape index (κ1) is 14.4. The SMILES string of the molecule is CC(=O)Oc1ccccc1C(=O)C(Br)OC(C)=O. The number of benzene rings is 1. The zero-order valence-electron chi connectivity index (χ0n) is 9.81. The van der Waals surface area contributed by atoms with E-state index in [1.807, 2.05) is 0 Å². The van der Waals surface area contributed by atoms with Crippen molar-refractivity contribution in [2.24, 2.45) is 0 Å². The van der Waals surface area contributed by atoms with E-state index in [0.29, 0.717) is 0 Å². The van der Waals surface area contributed by atoms with Crippen LogP contribution in [0.4, 0.5) is 0 Å². The third-order valence-corrected chi connectivity index (χ3v) is 2.48. The van der Waals surface area contributed by atoms with Gasteiger partial charge in [0, 0.05) is 13.8 Å². The van der Waals surface area contributed by atoms with Gasteiger partial charge in [0.15, 0.2) is 0 Å². The van der Waals surface area contributed by atoms with Gasteiger partial charge in [-0.2, -0.15) is 0 Å².